The van der Waals surface area contributed by atoms with Gasteiger partial charge in [0.05, 0.1) is 13.0 Å². The first-order chi connectivity index (χ1) is 11.1. The molecule has 1 fully saturated rings. The fourth-order valence-electron chi connectivity index (χ4n) is 3.31. The fourth-order valence-corrected chi connectivity index (χ4v) is 3.71. The van der Waals surface area contributed by atoms with E-state index in [1.54, 1.807) is 7.11 Å². The molecular formula is C18H27BrN2O2. The number of rotatable bonds is 6. The number of halogens is 1. The number of piperidine rings is 1. The predicted molar refractivity (Wildman–Crippen MR) is 96.6 cm³/mol. The summed E-state index contributed by atoms with van der Waals surface area (Å²) in [7, 11) is 1.70. The predicted octanol–water partition coefficient (Wildman–Crippen LogP) is 3.54. The van der Waals surface area contributed by atoms with E-state index in [0.717, 1.165) is 61.4 Å². The zero-order chi connectivity index (χ0) is 16.8. The highest BCUT2D eigenvalue weighted by Crippen LogP contribution is 2.27. The van der Waals surface area contributed by atoms with Crippen molar-refractivity contribution in [2.24, 2.45) is 5.92 Å². The van der Waals surface area contributed by atoms with Gasteiger partial charge in [-0.05, 0) is 51.4 Å². The molecule has 2 rings (SSSR count). The van der Waals surface area contributed by atoms with Crippen LogP contribution in [-0.4, -0.2) is 49.0 Å². The quantitative estimate of drug-likeness (QED) is 0.754. The van der Waals surface area contributed by atoms with E-state index in [9.17, 15) is 4.79 Å². The van der Waals surface area contributed by atoms with Crippen molar-refractivity contribution in [1.29, 1.82) is 0 Å². The third-order valence-corrected chi connectivity index (χ3v) is 5.06. The van der Waals surface area contributed by atoms with Crippen LogP contribution in [0.2, 0.25) is 0 Å². The molecule has 1 aliphatic heterocycles. The van der Waals surface area contributed by atoms with Crippen molar-refractivity contribution in [3.05, 3.63) is 28.2 Å². The molecule has 128 valence electrons. The molecule has 0 saturated carbocycles. The second kappa shape index (κ2) is 8.69. The molecule has 5 heteroatoms. The Balaban J connectivity index is 2.04. The Kier molecular flexibility index (Phi) is 6.90. The zero-order valence-electron chi connectivity index (χ0n) is 14.3. The van der Waals surface area contributed by atoms with Crippen LogP contribution >= 0.6 is 15.9 Å². The minimum absolute atomic E-state index is 0.127. The van der Waals surface area contributed by atoms with Crippen LogP contribution in [0, 0.1) is 5.92 Å². The van der Waals surface area contributed by atoms with Gasteiger partial charge >= 0.3 is 0 Å². The van der Waals surface area contributed by atoms with Gasteiger partial charge in [0.25, 0.3) is 0 Å². The summed E-state index contributed by atoms with van der Waals surface area (Å²) >= 11 is 3.53. The lowest BCUT2D eigenvalue weighted by Gasteiger charge is -2.34. The molecule has 1 saturated heterocycles. The Morgan fingerprint density at radius 3 is 2.78 bits per heavy atom. The van der Waals surface area contributed by atoms with E-state index in [2.05, 4.69) is 26.9 Å². The molecule has 1 aromatic rings. The van der Waals surface area contributed by atoms with Crippen LogP contribution in [0.25, 0.3) is 0 Å². The smallest absolute Gasteiger partial charge is 0.226 e. The van der Waals surface area contributed by atoms with Crippen molar-refractivity contribution in [2.75, 3.05) is 33.3 Å². The maximum absolute atomic E-state index is 12.6. The normalized spacial score (nSPS) is 18.7. The lowest BCUT2D eigenvalue weighted by atomic mass is 9.96. The van der Waals surface area contributed by atoms with Crippen LogP contribution in [-0.2, 0) is 11.3 Å². The van der Waals surface area contributed by atoms with Gasteiger partial charge in [-0.25, -0.2) is 0 Å². The first kappa shape index (κ1) is 18.3. The van der Waals surface area contributed by atoms with Crippen molar-refractivity contribution < 1.29 is 9.53 Å². The van der Waals surface area contributed by atoms with Gasteiger partial charge in [0.2, 0.25) is 5.91 Å². The summed E-state index contributed by atoms with van der Waals surface area (Å²) in [5.41, 5.74) is 1.16. The Morgan fingerprint density at radius 2 is 2.13 bits per heavy atom. The number of amides is 1. The van der Waals surface area contributed by atoms with E-state index in [4.69, 9.17) is 4.74 Å². The molecule has 1 heterocycles. The highest BCUT2D eigenvalue weighted by molar-refractivity contribution is 9.10. The number of carbonyl (C=O) groups excluding carboxylic acids is 1. The van der Waals surface area contributed by atoms with E-state index in [1.165, 1.54) is 0 Å². The van der Waals surface area contributed by atoms with E-state index in [0.29, 0.717) is 5.91 Å². The zero-order valence-corrected chi connectivity index (χ0v) is 15.9. The summed E-state index contributed by atoms with van der Waals surface area (Å²) in [4.78, 5) is 16.9. The Hall–Kier alpha value is -1.07. The second-order valence-corrected chi connectivity index (χ2v) is 6.96. The fraction of sp³-hybridized carbons (Fsp3) is 0.611. The van der Waals surface area contributed by atoms with E-state index < -0.39 is 0 Å². The maximum Gasteiger partial charge on any atom is 0.226 e. The van der Waals surface area contributed by atoms with Gasteiger partial charge in [-0.3, -0.25) is 9.69 Å². The molecular weight excluding hydrogens is 356 g/mol. The van der Waals surface area contributed by atoms with Crippen molar-refractivity contribution in [3.63, 3.8) is 0 Å². The SMILES string of the molecule is CCN(CC)C(=O)[C@H]1CCCN(Cc2cc(Br)ccc2OC)C1. The third-order valence-electron chi connectivity index (χ3n) is 4.57. The summed E-state index contributed by atoms with van der Waals surface area (Å²) < 4.78 is 6.52. The van der Waals surface area contributed by atoms with Crippen LogP contribution in [0.15, 0.2) is 22.7 Å². The summed E-state index contributed by atoms with van der Waals surface area (Å²) in [6, 6.07) is 6.09. The van der Waals surface area contributed by atoms with E-state index in [1.807, 2.05) is 30.9 Å². The Labute approximate surface area is 147 Å². The number of methoxy groups -OCH3 is 1. The lowest BCUT2D eigenvalue weighted by Crippen LogP contribution is -2.44. The topological polar surface area (TPSA) is 32.8 Å². The summed E-state index contributed by atoms with van der Waals surface area (Å²) in [6.07, 6.45) is 2.08. The van der Waals surface area contributed by atoms with Gasteiger partial charge in [0.1, 0.15) is 5.75 Å². The van der Waals surface area contributed by atoms with Gasteiger partial charge in [0, 0.05) is 36.2 Å². The largest absolute Gasteiger partial charge is 0.496 e. The first-order valence-electron chi connectivity index (χ1n) is 8.42. The highest BCUT2D eigenvalue weighted by atomic mass is 79.9. The lowest BCUT2D eigenvalue weighted by molar-refractivity contribution is -0.137. The van der Waals surface area contributed by atoms with Crippen LogP contribution < -0.4 is 4.74 Å². The molecule has 23 heavy (non-hydrogen) atoms. The highest BCUT2D eigenvalue weighted by Gasteiger charge is 2.28. The first-order valence-corrected chi connectivity index (χ1v) is 9.21. The van der Waals surface area contributed by atoms with Crippen LogP contribution in [0.5, 0.6) is 5.75 Å². The standard InChI is InChI=1S/C18H27BrN2O2/c1-4-21(5-2)18(22)14-7-6-10-20(12-14)13-15-11-16(19)8-9-17(15)23-3/h8-9,11,14H,4-7,10,12-13H2,1-3H3/t14-/m0/s1. The molecule has 0 N–H and O–H groups in total. The number of hydrogen-bond donors (Lipinski definition) is 0. The van der Waals surface area contributed by atoms with Crippen LogP contribution in [0.4, 0.5) is 0 Å². The van der Waals surface area contributed by atoms with Gasteiger partial charge in [-0.15, -0.1) is 0 Å². The number of hydrogen-bond acceptors (Lipinski definition) is 3. The minimum atomic E-state index is 0.127. The number of carbonyl (C=O) groups is 1. The van der Waals surface area contributed by atoms with Crippen LogP contribution in [0.1, 0.15) is 32.3 Å². The molecule has 1 aromatic carbocycles. The Bertz CT molecular complexity index is 532. The Morgan fingerprint density at radius 1 is 1.39 bits per heavy atom. The van der Waals surface area contributed by atoms with E-state index in [-0.39, 0.29) is 5.92 Å². The third kappa shape index (κ3) is 4.70. The monoisotopic (exact) mass is 382 g/mol. The molecule has 0 unspecified atom stereocenters. The summed E-state index contributed by atoms with van der Waals surface area (Å²) in [5, 5.41) is 0. The number of benzene rings is 1. The van der Waals surface area contributed by atoms with Crippen LogP contribution in [0.3, 0.4) is 0 Å². The van der Waals surface area contributed by atoms with Gasteiger partial charge in [0.15, 0.2) is 0 Å². The molecule has 0 spiro atoms. The second-order valence-electron chi connectivity index (χ2n) is 6.04. The molecule has 0 aromatic heterocycles. The van der Waals surface area contributed by atoms with Gasteiger partial charge in [-0.1, -0.05) is 15.9 Å². The summed E-state index contributed by atoms with van der Waals surface area (Å²) in [5.74, 6) is 1.34. The molecule has 1 aliphatic rings. The molecule has 0 aliphatic carbocycles. The minimum Gasteiger partial charge on any atom is -0.496 e. The molecule has 0 radical (unpaired) electrons. The number of likely N-dealkylation sites (tertiary alicyclic amines) is 1. The average Bonchev–Trinajstić information content (AvgIpc) is 2.56. The number of ether oxygens (including phenoxy) is 1. The van der Waals surface area contributed by atoms with E-state index >= 15 is 0 Å². The molecule has 1 atom stereocenters. The summed E-state index contributed by atoms with van der Waals surface area (Å²) in [6.45, 7) is 8.40. The maximum atomic E-state index is 12.6. The van der Waals surface area contributed by atoms with Crippen molar-refractivity contribution in [1.82, 2.24) is 9.80 Å². The average molecular weight is 383 g/mol. The molecule has 0 bridgehead atoms. The molecule has 1 amide bonds. The van der Waals surface area contributed by atoms with Crippen molar-refractivity contribution >= 4 is 21.8 Å². The van der Waals surface area contributed by atoms with Crippen molar-refractivity contribution in [2.45, 2.75) is 33.2 Å². The van der Waals surface area contributed by atoms with Gasteiger partial charge in [-0.2, -0.15) is 0 Å². The molecule has 4 nitrogen and oxygen atoms in total. The van der Waals surface area contributed by atoms with Gasteiger partial charge < -0.3 is 9.64 Å². The van der Waals surface area contributed by atoms with Crippen molar-refractivity contribution in [3.8, 4) is 5.75 Å². The number of nitrogens with zero attached hydrogens (tertiary/aromatic N) is 2.